The first-order valence-electron chi connectivity index (χ1n) is 11.6. The SMILES string of the molecule is CC.CCOC.CN=C(c1nc(C(F)F)sc1Nc1ccccc1)N1CCN(CCCF)CC1. The molecular formula is C24H38F3N5OS. The van der Waals surface area contributed by atoms with Crippen LogP contribution in [-0.2, 0) is 4.74 Å². The Morgan fingerprint density at radius 1 is 1.18 bits per heavy atom. The molecule has 3 rings (SSSR count). The summed E-state index contributed by atoms with van der Waals surface area (Å²) in [5.74, 6) is 0.603. The molecule has 6 nitrogen and oxygen atoms in total. The van der Waals surface area contributed by atoms with Crippen molar-refractivity contribution in [2.45, 2.75) is 33.6 Å². The Balaban J connectivity index is 0.000000872. The van der Waals surface area contributed by atoms with Crippen molar-refractivity contribution in [3.05, 3.63) is 41.0 Å². The Hall–Kier alpha value is -2.17. The zero-order chi connectivity index (χ0) is 25.3. The Morgan fingerprint density at radius 3 is 2.29 bits per heavy atom. The number of piperazine rings is 1. The van der Waals surface area contributed by atoms with Crippen LogP contribution in [0.5, 0.6) is 0 Å². The lowest BCUT2D eigenvalue weighted by Gasteiger charge is -2.36. The molecule has 0 amide bonds. The largest absolute Gasteiger partial charge is 0.385 e. The standard InChI is InChI=1S/C19H24F3N5S.C3H8O.C2H6/c1-23-17(27-12-10-26(11-13-27)9-5-8-20)15-18(28-19(25-15)16(21)22)24-14-6-3-2-4-7-14;1-3-4-2;1-2/h2-4,6-7,16,24H,5,8-13H2,1H3;3H2,1-2H3;1-2H3. The van der Waals surface area contributed by atoms with Gasteiger partial charge >= 0.3 is 0 Å². The van der Waals surface area contributed by atoms with Crippen LogP contribution < -0.4 is 5.32 Å². The van der Waals surface area contributed by atoms with E-state index < -0.39 is 6.43 Å². The van der Waals surface area contributed by atoms with Gasteiger partial charge in [0.15, 0.2) is 10.8 Å². The summed E-state index contributed by atoms with van der Waals surface area (Å²) < 4.78 is 43.5. The van der Waals surface area contributed by atoms with Crippen molar-refractivity contribution in [2.24, 2.45) is 4.99 Å². The van der Waals surface area contributed by atoms with Crippen LogP contribution in [0.3, 0.4) is 0 Å². The Kier molecular flexibility index (Phi) is 15.2. The van der Waals surface area contributed by atoms with Crippen molar-refractivity contribution >= 4 is 27.9 Å². The number of aromatic nitrogens is 1. The third kappa shape index (κ3) is 9.60. The number of amidine groups is 1. The molecule has 1 aromatic heterocycles. The summed E-state index contributed by atoms with van der Waals surface area (Å²) in [7, 11) is 3.33. The minimum Gasteiger partial charge on any atom is -0.385 e. The summed E-state index contributed by atoms with van der Waals surface area (Å²) in [4.78, 5) is 12.8. The van der Waals surface area contributed by atoms with Gasteiger partial charge in [0, 0.05) is 59.2 Å². The van der Waals surface area contributed by atoms with Gasteiger partial charge < -0.3 is 15.0 Å². The maximum Gasteiger partial charge on any atom is 0.289 e. The molecule has 0 unspecified atom stereocenters. The molecule has 1 N–H and O–H groups in total. The van der Waals surface area contributed by atoms with Crippen molar-refractivity contribution in [1.29, 1.82) is 0 Å². The van der Waals surface area contributed by atoms with Crippen LogP contribution in [0.25, 0.3) is 0 Å². The number of nitrogens with zero attached hydrogens (tertiary/aromatic N) is 4. The average Bonchev–Trinajstić information content (AvgIpc) is 3.29. The highest BCUT2D eigenvalue weighted by Crippen LogP contribution is 2.34. The molecule has 0 saturated carbocycles. The number of methoxy groups -OCH3 is 1. The van der Waals surface area contributed by atoms with Crippen molar-refractivity contribution < 1.29 is 17.9 Å². The summed E-state index contributed by atoms with van der Waals surface area (Å²) in [6.45, 7) is 10.2. The van der Waals surface area contributed by atoms with Gasteiger partial charge in [-0.15, -0.1) is 0 Å². The summed E-state index contributed by atoms with van der Waals surface area (Å²) >= 11 is 0.950. The van der Waals surface area contributed by atoms with E-state index in [-0.39, 0.29) is 11.7 Å². The highest BCUT2D eigenvalue weighted by molar-refractivity contribution is 7.16. The number of rotatable bonds is 8. The molecule has 1 fully saturated rings. The van der Waals surface area contributed by atoms with Gasteiger partial charge in [-0.2, -0.15) is 0 Å². The number of halogens is 3. The number of benzene rings is 1. The van der Waals surface area contributed by atoms with Crippen LogP contribution >= 0.6 is 11.3 Å². The lowest BCUT2D eigenvalue weighted by atomic mass is 10.2. The number of hydrogen-bond donors (Lipinski definition) is 1. The molecule has 1 saturated heterocycles. The van der Waals surface area contributed by atoms with Crippen LogP contribution in [-0.4, -0.2) is 80.8 Å². The van der Waals surface area contributed by atoms with Crippen LogP contribution in [0, 0.1) is 0 Å². The van der Waals surface area contributed by atoms with Gasteiger partial charge in [0.25, 0.3) is 6.43 Å². The molecule has 0 aliphatic carbocycles. The molecule has 0 spiro atoms. The minimum atomic E-state index is -2.63. The molecule has 0 bridgehead atoms. The smallest absolute Gasteiger partial charge is 0.289 e. The van der Waals surface area contributed by atoms with Crippen LogP contribution in [0.1, 0.15) is 44.3 Å². The number of alkyl halides is 3. The maximum atomic E-state index is 13.3. The number of thiazole rings is 1. The van der Waals surface area contributed by atoms with E-state index in [9.17, 15) is 13.2 Å². The zero-order valence-electron chi connectivity index (χ0n) is 20.9. The van der Waals surface area contributed by atoms with Gasteiger partial charge in [-0.1, -0.05) is 43.4 Å². The third-order valence-corrected chi connectivity index (χ3v) is 5.83. The molecule has 1 aliphatic rings. The molecule has 2 aromatic rings. The van der Waals surface area contributed by atoms with Gasteiger partial charge in [0.05, 0.1) is 6.67 Å². The zero-order valence-corrected chi connectivity index (χ0v) is 21.7. The quantitative estimate of drug-likeness (QED) is 0.363. The van der Waals surface area contributed by atoms with E-state index in [0.717, 1.165) is 43.3 Å². The Labute approximate surface area is 205 Å². The normalized spacial score (nSPS) is 14.3. The van der Waals surface area contributed by atoms with Gasteiger partial charge in [-0.25, -0.2) is 13.8 Å². The van der Waals surface area contributed by atoms with Gasteiger partial charge in [-0.05, 0) is 25.5 Å². The Bertz CT molecular complexity index is 810. The summed E-state index contributed by atoms with van der Waals surface area (Å²) in [5.41, 5.74) is 1.25. The number of nitrogens with one attached hydrogen (secondary N) is 1. The second-order valence-corrected chi connectivity index (χ2v) is 8.05. The topological polar surface area (TPSA) is 53.0 Å². The summed E-state index contributed by atoms with van der Waals surface area (Å²) in [5, 5.41) is 3.53. The second-order valence-electron chi connectivity index (χ2n) is 7.02. The van der Waals surface area contributed by atoms with Crippen LogP contribution in [0.4, 0.5) is 23.9 Å². The van der Waals surface area contributed by atoms with E-state index in [0.29, 0.717) is 36.0 Å². The number of aliphatic imine (C=N–C) groups is 1. The fraction of sp³-hybridized carbons (Fsp3) is 0.583. The molecule has 0 radical (unpaired) electrons. The van der Waals surface area contributed by atoms with E-state index in [1.54, 1.807) is 14.2 Å². The molecule has 2 heterocycles. The van der Waals surface area contributed by atoms with E-state index >= 15 is 0 Å². The fourth-order valence-corrected chi connectivity index (χ4v) is 4.02. The second kappa shape index (κ2) is 17.3. The molecule has 0 atom stereocenters. The van der Waals surface area contributed by atoms with Crippen molar-refractivity contribution in [3.63, 3.8) is 0 Å². The molecule has 34 heavy (non-hydrogen) atoms. The van der Waals surface area contributed by atoms with E-state index in [4.69, 9.17) is 0 Å². The number of para-hydroxylation sites is 1. The van der Waals surface area contributed by atoms with Gasteiger partial charge in [0.1, 0.15) is 10.7 Å². The first kappa shape index (κ1) is 29.9. The van der Waals surface area contributed by atoms with E-state index in [1.807, 2.05) is 51.1 Å². The van der Waals surface area contributed by atoms with Crippen molar-refractivity contribution in [3.8, 4) is 0 Å². The lowest BCUT2D eigenvalue weighted by molar-refractivity contribution is 0.150. The van der Waals surface area contributed by atoms with E-state index in [2.05, 4.69) is 29.8 Å². The number of hydrogen-bond acceptors (Lipinski definition) is 6. The van der Waals surface area contributed by atoms with Crippen molar-refractivity contribution in [1.82, 2.24) is 14.8 Å². The summed E-state index contributed by atoms with van der Waals surface area (Å²) in [6.07, 6.45) is -2.10. The molecule has 1 aliphatic heterocycles. The minimum absolute atomic E-state index is 0.226. The predicted octanol–water partition coefficient (Wildman–Crippen LogP) is 5.86. The number of ether oxygens (including phenoxy) is 1. The molecule has 192 valence electrons. The first-order chi connectivity index (χ1) is 16.5. The fourth-order valence-electron chi connectivity index (χ4n) is 3.18. The highest BCUT2D eigenvalue weighted by Gasteiger charge is 2.27. The summed E-state index contributed by atoms with van der Waals surface area (Å²) in [6, 6.07) is 9.39. The number of anilines is 2. The van der Waals surface area contributed by atoms with E-state index in [1.165, 1.54) is 0 Å². The Morgan fingerprint density at radius 2 is 1.79 bits per heavy atom. The maximum absolute atomic E-state index is 13.3. The lowest BCUT2D eigenvalue weighted by Crippen LogP contribution is -2.49. The van der Waals surface area contributed by atoms with Gasteiger partial charge in [0.2, 0.25) is 0 Å². The highest BCUT2D eigenvalue weighted by atomic mass is 32.1. The van der Waals surface area contributed by atoms with Crippen LogP contribution in [0.2, 0.25) is 0 Å². The molecule has 1 aromatic carbocycles. The monoisotopic (exact) mass is 501 g/mol. The first-order valence-corrected chi connectivity index (χ1v) is 12.5. The molecule has 10 heteroatoms. The van der Waals surface area contributed by atoms with Crippen LogP contribution in [0.15, 0.2) is 35.3 Å². The average molecular weight is 502 g/mol. The van der Waals surface area contributed by atoms with Crippen molar-refractivity contribution in [2.75, 3.05) is 65.5 Å². The third-order valence-electron chi connectivity index (χ3n) is 4.85. The molecular weight excluding hydrogens is 463 g/mol. The predicted molar refractivity (Wildman–Crippen MR) is 137 cm³/mol. The van der Waals surface area contributed by atoms with Gasteiger partial charge in [-0.3, -0.25) is 14.3 Å².